The molecule has 3 heteroatoms. The highest BCUT2D eigenvalue weighted by Gasteiger charge is 2.11. The minimum Gasteiger partial charge on any atom is -0.508 e. The molecule has 3 nitrogen and oxygen atoms in total. The number of methoxy groups -OCH3 is 1. The molecule has 0 aliphatic carbocycles. The SMILES string of the molecule is CCCC(C)N(C)Cc1cc(OC)ccc1O. The van der Waals surface area contributed by atoms with Crippen LogP contribution in [0.15, 0.2) is 18.2 Å². The van der Waals surface area contributed by atoms with Gasteiger partial charge >= 0.3 is 0 Å². The highest BCUT2D eigenvalue weighted by atomic mass is 16.5. The van der Waals surface area contributed by atoms with Crippen molar-refractivity contribution in [2.75, 3.05) is 14.2 Å². The van der Waals surface area contributed by atoms with Gasteiger partial charge in [0.25, 0.3) is 0 Å². The summed E-state index contributed by atoms with van der Waals surface area (Å²) in [7, 11) is 3.72. The number of phenols is 1. The minimum atomic E-state index is 0.335. The maximum atomic E-state index is 9.81. The molecule has 1 N–H and O–H groups in total. The average Bonchev–Trinajstić information content (AvgIpc) is 2.32. The molecule has 0 saturated heterocycles. The maximum absolute atomic E-state index is 9.81. The standard InChI is InChI=1S/C14H23NO2/c1-5-6-11(2)15(3)10-12-9-13(17-4)7-8-14(12)16/h7-9,11,16H,5-6,10H2,1-4H3. The molecule has 0 fully saturated rings. The molecule has 1 atom stereocenters. The quantitative estimate of drug-likeness (QED) is 0.825. The summed E-state index contributed by atoms with van der Waals surface area (Å²) < 4.78 is 5.17. The van der Waals surface area contributed by atoms with E-state index >= 15 is 0 Å². The first-order chi connectivity index (χ1) is 8.08. The Morgan fingerprint density at radius 2 is 2.12 bits per heavy atom. The van der Waals surface area contributed by atoms with Gasteiger partial charge in [0.1, 0.15) is 11.5 Å². The fourth-order valence-electron chi connectivity index (χ4n) is 1.88. The highest BCUT2D eigenvalue weighted by Crippen LogP contribution is 2.24. The monoisotopic (exact) mass is 237 g/mol. The van der Waals surface area contributed by atoms with Gasteiger partial charge in [0.2, 0.25) is 0 Å². The molecule has 0 amide bonds. The lowest BCUT2D eigenvalue weighted by Crippen LogP contribution is -2.28. The zero-order valence-electron chi connectivity index (χ0n) is 11.2. The largest absolute Gasteiger partial charge is 0.508 e. The second-order valence-electron chi connectivity index (χ2n) is 4.55. The predicted octanol–water partition coefficient (Wildman–Crippen LogP) is 3.02. The first kappa shape index (κ1) is 13.8. The second kappa shape index (κ2) is 6.50. The van der Waals surface area contributed by atoms with E-state index in [1.165, 1.54) is 12.8 Å². The molecule has 0 radical (unpaired) electrons. The van der Waals surface area contributed by atoms with E-state index in [0.29, 0.717) is 11.8 Å². The Balaban J connectivity index is 2.73. The molecule has 0 heterocycles. The van der Waals surface area contributed by atoms with E-state index in [1.807, 2.05) is 6.07 Å². The zero-order chi connectivity index (χ0) is 12.8. The van der Waals surface area contributed by atoms with E-state index < -0.39 is 0 Å². The highest BCUT2D eigenvalue weighted by molar-refractivity contribution is 5.39. The summed E-state index contributed by atoms with van der Waals surface area (Å²) in [6, 6.07) is 5.87. The van der Waals surface area contributed by atoms with E-state index in [-0.39, 0.29) is 0 Å². The van der Waals surface area contributed by atoms with Gasteiger partial charge in [0.05, 0.1) is 7.11 Å². The van der Waals surface area contributed by atoms with Crippen LogP contribution in [0.1, 0.15) is 32.3 Å². The molecular formula is C14H23NO2. The molecule has 17 heavy (non-hydrogen) atoms. The molecule has 0 bridgehead atoms. The molecular weight excluding hydrogens is 214 g/mol. The van der Waals surface area contributed by atoms with Crippen molar-refractivity contribution >= 4 is 0 Å². The van der Waals surface area contributed by atoms with Gasteiger partial charge in [-0.15, -0.1) is 0 Å². The first-order valence-electron chi connectivity index (χ1n) is 6.14. The summed E-state index contributed by atoms with van der Waals surface area (Å²) in [6.45, 7) is 5.14. The topological polar surface area (TPSA) is 32.7 Å². The number of nitrogens with zero attached hydrogens (tertiary/aromatic N) is 1. The first-order valence-corrected chi connectivity index (χ1v) is 6.14. The average molecular weight is 237 g/mol. The Kier molecular flexibility index (Phi) is 5.29. The Labute approximate surface area is 104 Å². The molecule has 0 saturated carbocycles. The van der Waals surface area contributed by atoms with Crippen molar-refractivity contribution in [3.63, 3.8) is 0 Å². The molecule has 0 spiro atoms. The van der Waals surface area contributed by atoms with Crippen molar-refractivity contribution in [3.8, 4) is 11.5 Å². The fraction of sp³-hybridized carbons (Fsp3) is 0.571. The third kappa shape index (κ3) is 3.93. The van der Waals surface area contributed by atoms with Crippen LogP contribution in [-0.2, 0) is 6.54 Å². The number of phenolic OH excluding ortho intramolecular Hbond substituents is 1. The summed E-state index contributed by atoms with van der Waals surface area (Å²) >= 11 is 0. The number of hydrogen-bond donors (Lipinski definition) is 1. The number of hydrogen-bond acceptors (Lipinski definition) is 3. The van der Waals surface area contributed by atoms with E-state index in [2.05, 4.69) is 25.8 Å². The van der Waals surface area contributed by atoms with Gasteiger partial charge in [-0.2, -0.15) is 0 Å². The van der Waals surface area contributed by atoms with Gasteiger partial charge in [0, 0.05) is 18.2 Å². The predicted molar refractivity (Wildman–Crippen MR) is 70.5 cm³/mol. The van der Waals surface area contributed by atoms with Gasteiger partial charge in [-0.1, -0.05) is 13.3 Å². The van der Waals surface area contributed by atoms with Crippen LogP contribution in [0.2, 0.25) is 0 Å². The summed E-state index contributed by atoms with van der Waals surface area (Å²) in [6.07, 6.45) is 2.34. The van der Waals surface area contributed by atoms with Gasteiger partial charge in [-0.05, 0) is 38.6 Å². The molecule has 1 aromatic rings. The van der Waals surface area contributed by atoms with Crippen LogP contribution >= 0.6 is 0 Å². The lowest BCUT2D eigenvalue weighted by molar-refractivity contribution is 0.233. The summed E-state index contributed by atoms with van der Waals surface area (Å²) in [4.78, 5) is 2.25. The van der Waals surface area contributed by atoms with Crippen molar-refractivity contribution in [1.82, 2.24) is 4.90 Å². The number of ether oxygens (including phenoxy) is 1. The Morgan fingerprint density at radius 3 is 2.71 bits per heavy atom. The van der Waals surface area contributed by atoms with Crippen molar-refractivity contribution in [3.05, 3.63) is 23.8 Å². The maximum Gasteiger partial charge on any atom is 0.120 e. The summed E-state index contributed by atoms with van der Waals surface area (Å²) in [5.74, 6) is 1.12. The Morgan fingerprint density at radius 1 is 1.41 bits per heavy atom. The normalized spacial score (nSPS) is 12.8. The third-order valence-corrected chi connectivity index (χ3v) is 3.17. The van der Waals surface area contributed by atoms with Crippen LogP contribution in [0.25, 0.3) is 0 Å². The lowest BCUT2D eigenvalue weighted by atomic mass is 10.1. The Bertz CT molecular complexity index is 352. The molecule has 0 aliphatic rings. The zero-order valence-corrected chi connectivity index (χ0v) is 11.2. The molecule has 1 unspecified atom stereocenters. The summed E-state index contributed by atoms with van der Waals surface area (Å²) in [5.41, 5.74) is 0.912. The second-order valence-corrected chi connectivity index (χ2v) is 4.55. The van der Waals surface area contributed by atoms with Crippen molar-refractivity contribution in [2.24, 2.45) is 0 Å². The van der Waals surface area contributed by atoms with Gasteiger partial charge in [-0.25, -0.2) is 0 Å². The van der Waals surface area contributed by atoms with E-state index in [0.717, 1.165) is 17.9 Å². The van der Waals surface area contributed by atoms with Gasteiger partial charge in [-0.3, -0.25) is 4.90 Å². The molecule has 1 rings (SSSR count). The molecule has 1 aromatic carbocycles. The fourth-order valence-corrected chi connectivity index (χ4v) is 1.88. The van der Waals surface area contributed by atoms with Gasteiger partial charge < -0.3 is 9.84 Å². The van der Waals surface area contributed by atoms with Crippen LogP contribution in [0.5, 0.6) is 11.5 Å². The van der Waals surface area contributed by atoms with Crippen LogP contribution in [0.3, 0.4) is 0 Å². The van der Waals surface area contributed by atoms with Crippen LogP contribution < -0.4 is 4.74 Å². The minimum absolute atomic E-state index is 0.335. The van der Waals surface area contributed by atoms with Crippen LogP contribution in [0, 0.1) is 0 Å². The van der Waals surface area contributed by atoms with Gasteiger partial charge in [0.15, 0.2) is 0 Å². The summed E-state index contributed by atoms with van der Waals surface area (Å²) in [5, 5.41) is 9.81. The smallest absolute Gasteiger partial charge is 0.120 e. The van der Waals surface area contributed by atoms with Crippen molar-refractivity contribution < 1.29 is 9.84 Å². The third-order valence-electron chi connectivity index (χ3n) is 3.17. The van der Waals surface area contributed by atoms with E-state index in [9.17, 15) is 5.11 Å². The number of aromatic hydroxyl groups is 1. The van der Waals surface area contributed by atoms with Crippen molar-refractivity contribution in [1.29, 1.82) is 0 Å². The Hall–Kier alpha value is -1.22. The number of benzene rings is 1. The van der Waals surface area contributed by atoms with Crippen LogP contribution in [0.4, 0.5) is 0 Å². The lowest BCUT2D eigenvalue weighted by Gasteiger charge is -2.24. The molecule has 0 aromatic heterocycles. The molecule has 0 aliphatic heterocycles. The van der Waals surface area contributed by atoms with E-state index in [4.69, 9.17) is 4.74 Å². The van der Waals surface area contributed by atoms with E-state index in [1.54, 1.807) is 19.2 Å². The number of rotatable bonds is 6. The van der Waals surface area contributed by atoms with Crippen molar-refractivity contribution in [2.45, 2.75) is 39.3 Å². The van der Waals surface area contributed by atoms with Crippen LogP contribution in [-0.4, -0.2) is 30.2 Å². The molecule has 96 valence electrons.